The molecule has 0 aliphatic heterocycles. The van der Waals surface area contributed by atoms with Crippen molar-refractivity contribution in [3.8, 4) is 0 Å². The van der Waals surface area contributed by atoms with E-state index in [2.05, 4.69) is 5.32 Å². The van der Waals surface area contributed by atoms with Crippen LogP contribution in [0.25, 0.3) is 0 Å². The van der Waals surface area contributed by atoms with Crippen LogP contribution in [0.1, 0.15) is 24.1 Å². The lowest BCUT2D eigenvalue weighted by atomic mass is 10.1. The molecule has 0 saturated heterocycles. The molecule has 0 aliphatic rings. The van der Waals surface area contributed by atoms with Gasteiger partial charge in [0.25, 0.3) is 0 Å². The Kier molecular flexibility index (Phi) is 4.74. The summed E-state index contributed by atoms with van der Waals surface area (Å²) in [6.45, 7) is 1.86. The molecule has 0 aromatic heterocycles. The van der Waals surface area contributed by atoms with E-state index in [0.717, 1.165) is 11.1 Å². The number of carbonyl (C=O) groups excluding carboxylic acids is 1. The molecule has 0 radical (unpaired) electrons. The third-order valence-electron chi connectivity index (χ3n) is 3.06. The predicted octanol–water partition coefficient (Wildman–Crippen LogP) is 3.90. The van der Waals surface area contributed by atoms with Crippen LogP contribution in [-0.2, 0) is 11.2 Å². The van der Waals surface area contributed by atoms with E-state index in [1.165, 1.54) is 12.1 Å². The monoisotopic (exact) mass is 291 g/mol. The summed E-state index contributed by atoms with van der Waals surface area (Å²) in [6.07, 6.45) is 0.227. The van der Waals surface area contributed by atoms with Crippen LogP contribution in [0.4, 0.5) is 4.39 Å². The van der Waals surface area contributed by atoms with E-state index in [9.17, 15) is 9.18 Å². The van der Waals surface area contributed by atoms with Crippen molar-refractivity contribution in [2.45, 2.75) is 19.4 Å². The van der Waals surface area contributed by atoms with Gasteiger partial charge in [0.2, 0.25) is 5.91 Å². The quantitative estimate of drug-likeness (QED) is 0.909. The molecule has 4 heteroatoms. The molecule has 2 rings (SSSR count). The molecule has 2 aromatic carbocycles. The first-order valence-electron chi connectivity index (χ1n) is 6.34. The largest absolute Gasteiger partial charge is 0.349 e. The van der Waals surface area contributed by atoms with Gasteiger partial charge in [-0.1, -0.05) is 41.9 Å². The minimum absolute atomic E-state index is 0.116. The standard InChI is InChI=1S/C16H15ClFNO/c1-11(12-6-8-14(18)9-7-12)19-16(20)10-13-4-2-3-5-15(13)17/h2-9,11H,10H2,1H3,(H,19,20). The smallest absolute Gasteiger partial charge is 0.224 e. The van der Waals surface area contributed by atoms with Gasteiger partial charge in [0, 0.05) is 5.02 Å². The van der Waals surface area contributed by atoms with Gasteiger partial charge in [0.15, 0.2) is 0 Å². The molecular formula is C16H15ClFNO. The Labute approximate surface area is 122 Å². The van der Waals surface area contributed by atoms with E-state index >= 15 is 0 Å². The lowest BCUT2D eigenvalue weighted by Crippen LogP contribution is -2.28. The number of amides is 1. The molecule has 1 amide bonds. The molecule has 20 heavy (non-hydrogen) atoms. The van der Waals surface area contributed by atoms with Crippen molar-refractivity contribution in [3.63, 3.8) is 0 Å². The molecule has 104 valence electrons. The Bertz CT molecular complexity index is 598. The highest BCUT2D eigenvalue weighted by Gasteiger charge is 2.11. The maximum Gasteiger partial charge on any atom is 0.224 e. The summed E-state index contributed by atoms with van der Waals surface area (Å²) in [5.74, 6) is -0.404. The lowest BCUT2D eigenvalue weighted by Gasteiger charge is -2.14. The van der Waals surface area contributed by atoms with E-state index in [1.807, 2.05) is 25.1 Å². The van der Waals surface area contributed by atoms with Crippen molar-refractivity contribution in [3.05, 3.63) is 70.5 Å². The number of nitrogens with one attached hydrogen (secondary N) is 1. The Morgan fingerprint density at radius 3 is 2.50 bits per heavy atom. The molecular weight excluding hydrogens is 277 g/mol. The molecule has 2 aromatic rings. The average molecular weight is 292 g/mol. The molecule has 0 bridgehead atoms. The van der Waals surface area contributed by atoms with E-state index < -0.39 is 0 Å². The molecule has 0 fully saturated rings. The Hall–Kier alpha value is -1.87. The Morgan fingerprint density at radius 2 is 1.85 bits per heavy atom. The second-order valence-corrected chi connectivity index (χ2v) is 5.02. The first-order valence-corrected chi connectivity index (χ1v) is 6.72. The Morgan fingerprint density at radius 1 is 1.20 bits per heavy atom. The zero-order chi connectivity index (χ0) is 14.5. The summed E-state index contributed by atoms with van der Waals surface area (Å²) in [7, 11) is 0. The number of halogens is 2. The summed E-state index contributed by atoms with van der Waals surface area (Å²) in [5.41, 5.74) is 1.65. The van der Waals surface area contributed by atoms with Crippen molar-refractivity contribution >= 4 is 17.5 Å². The van der Waals surface area contributed by atoms with Crippen LogP contribution in [0.15, 0.2) is 48.5 Å². The molecule has 1 N–H and O–H groups in total. The van der Waals surface area contributed by atoms with Gasteiger partial charge in [-0.2, -0.15) is 0 Å². The van der Waals surface area contributed by atoms with Gasteiger partial charge in [-0.25, -0.2) is 4.39 Å². The fourth-order valence-corrected chi connectivity index (χ4v) is 2.14. The maximum absolute atomic E-state index is 12.8. The highest BCUT2D eigenvalue weighted by molar-refractivity contribution is 6.31. The number of hydrogen-bond acceptors (Lipinski definition) is 1. The van der Waals surface area contributed by atoms with Crippen LogP contribution >= 0.6 is 11.6 Å². The van der Waals surface area contributed by atoms with Crippen molar-refractivity contribution in [2.24, 2.45) is 0 Å². The van der Waals surface area contributed by atoms with Gasteiger partial charge in [0.05, 0.1) is 12.5 Å². The van der Waals surface area contributed by atoms with E-state index in [0.29, 0.717) is 5.02 Å². The summed E-state index contributed by atoms with van der Waals surface area (Å²) in [5, 5.41) is 3.45. The first-order chi connectivity index (χ1) is 9.56. The first kappa shape index (κ1) is 14.5. The fraction of sp³-hybridized carbons (Fsp3) is 0.188. The summed E-state index contributed by atoms with van der Waals surface area (Å²) in [6, 6.07) is 13.2. The lowest BCUT2D eigenvalue weighted by molar-refractivity contribution is -0.121. The molecule has 2 nitrogen and oxygen atoms in total. The molecule has 0 spiro atoms. The number of carbonyl (C=O) groups is 1. The fourth-order valence-electron chi connectivity index (χ4n) is 1.94. The number of hydrogen-bond donors (Lipinski definition) is 1. The van der Waals surface area contributed by atoms with Crippen molar-refractivity contribution in [1.29, 1.82) is 0 Å². The SMILES string of the molecule is CC(NC(=O)Cc1ccccc1Cl)c1ccc(F)cc1. The third kappa shape index (κ3) is 3.81. The minimum Gasteiger partial charge on any atom is -0.349 e. The highest BCUT2D eigenvalue weighted by Crippen LogP contribution is 2.17. The molecule has 1 unspecified atom stereocenters. The molecule has 0 heterocycles. The van der Waals surface area contributed by atoms with Gasteiger partial charge in [-0.15, -0.1) is 0 Å². The summed E-state index contributed by atoms with van der Waals surface area (Å²) >= 11 is 6.02. The normalized spacial score (nSPS) is 11.9. The van der Waals surface area contributed by atoms with E-state index in [-0.39, 0.29) is 24.2 Å². The highest BCUT2D eigenvalue weighted by atomic mass is 35.5. The molecule has 0 aliphatic carbocycles. The maximum atomic E-state index is 12.8. The van der Waals surface area contributed by atoms with Gasteiger partial charge in [-0.3, -0.25) is 4.79 Å². The third-order valence-corrected chi connectivity index (χ3v) is 3.43. The van der Waals surface area contributed by atoms with Crippen molar-refractivity contribution in [2.75, 3.05) is 0 Å². The van der Waals surface area contributed by atoms with Crippen LogP contribution in [0, 0.1) is 5.82 Å². The van der Waals surface area contributed by atoms with E-state index in [1.54, 1.807) is 18.2 Å². The second kappa shape index (κ2) is 6.53. The zero-order valence-electron chi connectivity index (χ0n) is 11.1. The minimum atomic E-state index is -0.289. The van der Waals surface area contributed by atoms with Gasteiger partial charge in [-0.05, 0) is 36.2 Å². The van der Waals surface area contributed by atoms with Gasteiger partial charge >= 0.3 is 0 Å². The van der Waals surface area contributed by atoms with Crippen LogP contribution in [0.2, 0.25) is 5.02 Å². The van der Waals surface area contributed by atoms with Crippen LogP contribution in [-0.4, -0.2) is 5.91 Å². The predicted molar refractivity (Wildman–Crippen MR) is 78.1 cm³/mol. The second-order valence-electron chi connectivity index (χ2n) is 4.61. The van der Waals surface area contributed by atoms with Crippen LogP contribution < -0.4 is 5.32 Å². The Balaban J connectivity index is 1.98. The van der Waals surface area contributed by atoms with Crippen molar-refractivity contribution in [1.82, 2.24) is 5.32 Å². The van der Waals surface area contributed by atoms with Gasteiger partial charge in [0.1, 0.15) is 5.82 Å². The topological polar surface area (TPSA) is 29.1 Å². The van der Waals surface area contributed by atoms with E-state index in [4.69, 9.17) is 11.6 Å². The number of benzene rings is 2. The summed E-state index contributed by atoms with van der Waals surface area (Å²) in [4.78, 5) is 12.0. The van der Waals surface area contributed by atoms with Gasteiger partial charge < -0.3 is 5.32 Å². The summed E-state index contributed by atoms with van der Waals surface area (Å²) < 4.78 is 12.8. The average Bonchev–Trinajstić information content (AvgIpc) is 2.42. The molecule has 1 atom stereocenters. The zero-order valence-corrected chi connectivity index (χ0v) is 11.8. The number of rotatable bonds is 4. The molecule has 0 saturated carbocycles. The van der Waals surface area contributed by atoms with Crippen LogP contribution in [0.3, 0.4) is 0 Å². The van der Waals surface area contributed by atoms with Crippen LogP contribution in [0.5, 0.6) is 0 Å². The van der Waals surface area contributed by atoms with Crippen molar-refractivity contribution < 1.29 is 9.18 Å².